The molecule has 0 atom stereocenters. The van der Waals surface area contributed by atoms with Crippen LogP contribution in [0.2, 0.25) is 0 Å². The molecule has 0 fully saturated rings. The van der Waals surface area contributed by atoms with E-state index >= 15 is 0 Å². The maximum absolute atomic E-state index is 10.5. The molecular formula is C12H10NO3S. The summed E-state index contributed by atoms with van der Waals surface area (Å²) in [5.74, 6) is 0.758. The van der Waals surface area contributed by atoms with Gasteiger partial charge in [-0.15, -0.1) is 11.3 Å². The lowest BCUT2D eigenvalue weighted by molar-refractivity contribution is -0.384. The maximum atomic E-state index is 10.5. The van der Waals surface area contributed by atoms with E-state index in [0.29, 0.717) is 6.61 Å². The minimum Gasteiger partial charge on any atom is -0.488 e. The van der Waals surface area contributed by atoms with Crippen LogP contribution in [0.5, 0.6) is 5.75 Å². The number of rotatable bonds is 4. The fourth-order valence-electron chi connectivity index (χ4n) is 1.33. The fraction of sp³-hybridized carbons (Fsp3) is 0.0833. The average Bonchev–Trinajstić information content (AvgIpc) is 2.73. The van der Waals surface area contributed by atoms with Gasteiger partial charge in [0.25, 0.3) is 5.69 Å². The first kappa shape index (κ1) is 11.6. The van der Waals surface area contributed by atoms with E-state index in [2.05, 4.69) is 6.92 Å². The molecule has 0 aliphatic carbocycles. The molecular weight excluding hydrogens is 238 g/mol. The third kappa shape index (κ3) is 2.82. The Morgan fingerprint density at radius 2 is 2.00 bits per heavy atom. The molecule has 2 aromatic rings. The first-order chi connectivity index (χ1) is 8.16. The van der Waals surface area contributed by atoms with Crippen LogP contribution in [0.25, 0.3) is 0 Å². The van der Waals surface area contributed by atoms with Gasteiger partial charge >= 0.3 is 0 Å². The first-order valence-corrected chi connectivity index (χ1v) is 5.80. The Labute approximate surface area is 103 Å². The summed E-state index contributed by atoms with van der Waals surface area (Å²) in [5, 5.41) is 12.4. The Morgan fingerprint density at radius 3 is 2.53 bits per heavy atom. The molecule has 1 radical (unpaired) electrons. The van der Waals surface area contributed by atoms with Crippen LogP contribution in [0.3, 0.4) is 0 Å². The highest BCUT2D eigenvalue weighted by Gasteiger charge is 2.05. The highest BCUT2D eigenvalue weighted by Crippen LogP contribution is 2.24. The number of hydrogen-bond acceptors (Lipinski definition) is 4. The van der Waals surface area contributed by atoms with Gasteiger partial charge in [-0.3, -0.25) is 10.1 Å². The molecule has 0 amide bonds. The Hall–Kier alpha value is -1.88. The second-order valence-electron chi connectivity index (χ2n) is 3.42. The first-order valence-electron chi connectivity index (χ1n) is 4.92. The van der Waals surface area contributed by atoms with Gasteiger partial charge in [-0.25, -0.2) is 0 Å². The fourth-order valence-corrected chi connectivity index (χ4v) is 1.93. The lowest BCUT2D eigenvalue weighted by Gasteiger charge is -2.04. The summed E-state index contributed by atoms with van der Waals surface area (Å²) in [6.45, 7) is 4.22. The molecule has 0 aliphatic heterocycles. The highest BCUT2D eigenvalue weighted by atomic mass is 32.1. The Balaban J connectivity index is 2.00. The van der Waals surface area contributed by atoms with Crippen LogP contribution in [-0.2, 0) is 6.61 Å². The number of nitro benzene ring substituents is 1. The minimum absolute atomic E-state index is 0.0853. The van der Waals surface area contributed by atoms with Crippen molar-refractivity contribution in [2.75, 3.05) is 0 Å². The number of thiophene rings is 1. The smallest absolute Gasteiger partial charge is 0.269 e. The van der Waals surface area contributed by atoms with Gasteiger partial charge in [-0.2, -0.15) is 0 Å². The zero-order valence-electron chi connectivity index (χ0n) is 8.96. The van der Waals surface area contributed by atoms with Crippen LogP contribution in [0.1, 0.15) is 10.4 Å². The van der Waals surface area contributed by atoms with Gasteiger partial charge in [0.2, 0.25) is 0 Å². The monoisotopic (exact) mass is 248 g/mol. The summed E-state index contributed by atoms with van der Waals surface area (Å²) < 4.78 is 5.54. The molecule has 2 rings (SSSR count). The molecule has 0 spiro atoms. The Morgan fingerprint density at radius 1 is 1.29 bits per heavy atom. The number of non-ortho nitro benzene ring substituents is 1. The number of nitro groups is 1. The van der Waals surface area contributed by atoms with Crippen LogP contribution in [0, 0.1) is 17.0 Å². The van der Waals surface area contributed by atoms with Gasteiger partial charge in [-0.05, 0) is 36.1 Å². The van der Waals surface area contributed by atoms with E-state index < -0.39 is 4.92 Å². The standard InChI is InChI=1S/C12H10NO3S/c1-9-12(6-7-17-9)16-8-10-2-4-11(5-3-10)13(14)15/h2-7H,1,8H2. The predicted octanol–water partition coefficient (Wildman–Crippen LogP) is 3.42. The minimum atomic E-state index is -0.419. The number of hydrogen-bond donors (Lipinski definition) is 0. The van der Waals surface area contributed by atoms with Crippen LogP contribution in [0.4, 0.5) is 5.69 Å². The zero-order chi connectivity index (χ0) is 12.3. The largest absolute Gasteiger partial charge is 0.488 e. The molecule has 0 bridgehead atoms. The molecule has 1 aromatic heterocycles. The molecule has 0 N–H and O–H groups in total. The van der Waals surface area contributed by atoms with Crippen LogP contribution >= 0.6 is 11.3 Å². The molecule has 0 saturated carbocycles. The van der Waals surface area contributed by atoms with Gasteiger partial charge in [0.15, 0.2) is 0 Å². The summed E-state index contributed by atoms with van der Waals surface area (Å²) >= 11 is 1.52. The molecule has 0 saturated heterocycles. The SMILES string of the molecule is [CH2]c1sccc1OCc1ccc([N+](=O)[O-])cc1. The lowest BCUT2D eigenvalue weighted by atomic mass is 10.2. The molecule has 0 unspecified atom stereocenters. The van der Waals surface area contributed by atoms with Crippen molar-refractivity contribution in [3.63, 3.8) is 0 Å². The van der Waals surface area contributed by atoms with Crippen molar-refractivity contribution in [1.29, 1.82) is 0 Å². The zero-order valence-corrected chi connectivity index (χ0v) is 9.78. The van der Waals surface area contributed by atoms with Crippen LogP contribution in [0.15, 0.2) is 35.7 Å². The summed E-state index contributed by atoms with van der Waals surface area (Å²) in [4.78, 5) is 10.9. The van der Waals surface area contributed by atoms with E-state index in [-0.39, 0.29) is 5.69 Å². The normalized spacial score (nSPS) is 10.2. The van der Waals surface area contributed by atoms with E-state index in [9.17, 15) is 10.1 Å². The molecule has 17 heavy (non-hydrogen) atoms. The van der Waals surface area contributed by atoms with Crippen molar-refractivity contribution in [1.82, 2.24) is 0 Å². The summed E-state index contributed by atoms with van der Waals surface area (Å²) in [6.07, 6.45) is 0. The number of ether oxygens (including phenoxy) is 1. The molecule has 0 aliphatic rings. The van der Waals surface area contributed by atoms with E-state index in [4.69, 9.17) is 4.74 Å². The third-order valence-corrected chi connectivity index (χ3v) is 3.00. The lowest BCUT2D eigenvalue weighted by Crippen LogP contribution is -1.95. The molecule has 87 valence electrons. The van der Waals surface area contributed by atoms with Crippen molar-refractivity contribution in [3.8, 4) is 5.75 Å². The average molecular weight is 248 g/mol. The van der Waals surface area contributed by atoms with Gasteiger partial charge in [-0.1, -0.05) is 0 Å². The number of benzene rings is 1. The van der Waals surface area contributed by atoms with Gasteiger partial charge in [0, 0.05) is 17.0 Å². The van der Waals surface area contributed by atoms with E-state index in [1.54, 1.807) is 12.1 Å². The Kier molecular flexibility index (Phi) is 3.39. The quantitative estimate of drug-likeness (QED) is 0.615. The van der Waals surface area contributed by atoms with Crippen molar-refractivity contribution >= 4 is 17.0 Å². The Bertz CT molecular complexity index is 519. The maximum Gasteiger partial charge on any atom is 0.269 e. The molecule has 4 nitrogen and oxygen atoms in total. The second kappa shape index (κ2) is 4.97. The summed E-state index contributed by atoms with van der Waals surface area (Å²) in [6, 6.07) is 8.17. The van der Waals surface area contributed by atoms with Crippen LogP contribution in [-0.4, -0.2) is 4.92 Å². The van der Waals surface area contributed by atoms with Crippen molar-refractivity contribution in [2.24, 2.45) is 0 Å². The van der Waals surface area contributed by atoms with Crippen LogP contribution < -0.4 is 4.74 Å². The number of nitrogens with zero attached hydrogens (tertiary/aromatic N) is 1. The van der Waals surface area contributed by atoms with E-state index in [0.717, 1.165) is 16.2 Å². The molecule has 5 heteroatoms. The van der Waals surface area contributed by atoms with E-state index in [1.165, 1.54) is 23.5 Å². The summed E-state index contributed by atoms with van der Waals surface area (Å²) in [7, 11) is 0. The second-order valence-corrected chi connectivity index (χ2v) is 4.42. The van der Waals surface area contributed by atoms with Crippen molar-refractivity contribution < 1.29 is 9.66 Å². The highest BCUT2D eigenvalue weighted by molar-refractivity contribution is 7.10. The van der Waals surface area contributed by atoms with Gasteiger partial charge in [0.05, 0.1) is 4.92 Å². The van der Waals surface area contributed by atoms with Gasteiger partial charge in [0.1, 0.15) is 12.4 Å². The summed E-state index contributed by atoms with van der Waals surface area (Å²) in [5.41, 5.74) is 0.975. The third-order valence-electron chi connectivity index (χ3n) is 2.25. The van der Waals surface area contributed by atoms with E-state index in [1.807, 2.05) is 11.4 Å². The molecule has 1 aromatic carbocycles. The van der Waals surface area contributed by atoms with Crippen molar-refractivity contribution in [3.05, 3.63) is 63.2 Å². The van der Waals surface area contributed by atoms with Gasteiger partial charge < -0.3 is 4.74 Å². The topological polar surface area (TPSA) is 52.4 Å². The van der Waals surface area contributed by atoms with Crippen molar-refractivity contribution in [2.45, 2.75) is 6.61 Å². The predicted molar refractivity (Wildman–Crippen MR) is 66.2 cm³/mol. The molecule has 1 heterocycles.